The van der Waals surface area contributed by atoms with Gasteiger partial charge < -0.3 is 8.92 Å². The number of hydrazone groups is 1. The van der Waals surface area contributed by atoms with Crippen LogP contribution in [0.15, 0.2) is 107 Å². The summed E-state index contributed by atoms with van der Waals surface area (Å²) in [6, 6.07) is 26.8. The van der Waals surface area contributed by atoms with Gasteiger partial charge >= 0.3 is 10.1 Å². The summed E-state index contributed by atoms with van der Waals surface area (Å²) in [7, 11) is -4.03. The van der Waals surface area contributed by atoms with E-state index < -0.39 is 16.0 Å². The van der Waals surface area contributed by atoms with Gasteiger partial charge in [0.15, 0.2) is 5.75 Å². The fourth-order valence-corrected chi connectivity index (χ4v) is 4.29. The van der Waals surface area contributed by atoms with Crippen molar-refractivity contribution in [3.8, 4) is 11.5 Å². The summed E-state index contributed by atoms with van der Waals surface area (Å²) in [6.07, 6.45) is 1.32. The third-order valence-electron chi connectivity index (χ3n) is 5.23. The number of rotatable bonds is 9. The maximum atomic E-state index is 12.6. The van der Waals surface area contributed by atoms with E-state index in [1.807, 2.05) is 19.1 Å². The molecule has 0 bridgehead atoms. The molecule has 0 unspecified atom stereocenters. The predicted molar refractivity (Wildman–Crippen MR) is 143 cm³/mol. The minimum absolute atomic E-state index is 0.0405. The van der Waals surface area contributed by atoms with Crippen molar-refractivity contribution in [2.24, 2.45) is 5.10 Å². The Balaban J connectivity index is 1.36. The van der Waals surface area contributed by atoms with Gasteiger partial charge in [0.25, 0.3) is 5.91 Å². The van der Waals surface area contributed by atoms with Crippen molar-refractivity contribution >= 4 is 33.8 Å². The van der Waals surface area contributed by atoms with Crippen molar-refractivity contribution in [2.45, 2.75) is 18.4 Å². The summed E-state index contributed by atoms with van der Waals surface area (Å²) in [4.78, 5) is 12.5. The third kappa shape index (κ3) is 7.19. The number of nitrogens with one attached hydrogen (secondary N) is 1. The van der Waals surface area contributed by atoms with Crippen molar-refractivity contribution in [1.29, 1.82) is 0 Å². The minimum atomic E-state index is -4.03. The molecule has 188 valence electrons. The molecule has 1 amide bonds. The van der Waals surface area contributed by atoms with Gasteiger partial charge in [-0.25, -0.2) is 5.43 Å². The van der Waals surface area contributed by atoms with Gasteiger partial charge in [0.1, 0.15) is 17.3 Å². The first kappa shape index (κ1) is 25.9. The highest BCUT2D eigenvalue weighted by molar-refractivity contribution is 7.87. The third-order valence-corrected chi connectivity index (χ3v) is 6.73. The SMILES string of the molecule is Cc1ccc(S(=O)(=O)Oc2ccccc2C=NNC(=O)c2ccc(OCc3ccc(Cl)cc3)cc2)cc1. The van der Waals surface area contributed by atoms with Gasteiger partial charge in [-0.3, -0.25) is 4.79 Å². The van der Waals surface area contributed by atoms with E-state index in [9.17, 15) is 13.2 Å². The van der Waals surface area contributed by atoms with Crippen molar-refractivity contribution in [1.82, 2.24) is 5.43 Å². The van der Waals surface area contributed by atoms with Crippen LogP contribution in [0.1, 0.15) is 27.0 Å². The molecule has 4 rings (SSSR count). The van der Waals surface area contributed by atoms with E-state index in [0.717, 1.165) is 11.1 Å². The molecule has 0 atom stereocenters. The fraction of sp³-hybridized carbons (Fsp3) is 0.0714. The quantitative estimate of drug-likeness (QED) is 0.167. The van der Waals surface area contributed by atoms with Crippen molar-refractivity contribution < 1.29 is 22.1 Å². The molecule has 4 aromatic carbocycles. The zero-order valence-corrected chi connectivity index (χ0v) is 21.4. The van der Waals surface area contributed by atoms with E-state index in [1.54, 1.807) is 66.7 Å². The first-order valence-corrected chi connectivity index (χ1v) is 13.0. The molecule has 37 heavy (non-hydrogen) atoms. The van der Waals surface area contributed by atoms with Crippen LogP contribution in [0.25, 0.3) is 0 Å². The van der Waals surface area contributed by atoms with E-state index >= 15 is 0 Å². The second-order valence-electron chi connectivity index (χ2n) is 8.03. The Kier molecular flexibility index (Phi) is 8.22. The van der Waals surface area contributed by atoms with Crippen LogP contribution in [0.3, 0.4) is 0 Å². The molecule has 0 aliphatic rings. The predicted octanol–water partition coefficient (Wildman–Crippen LogP) is 5.76. The lowest BCUT2D eigenvalue weighted by molar-refractivity contribution is 0.0955. The fourth-order valence-electron chi connectivity index (χ4n) is 3.21. The molecule has 0 saturated carbocycles. The number of nitrogens with zero attached hydrogens (tertiary/aromatic N) is 1. The molecule has 0 aliphatic carbocycles. The van der Waals surface area contributed by atoms with Gasteiger partial charge in [0.2, 0.25) is 0 Å². The van der Waals surface area contributed by atoms with Crippen LogP contribution in [0.2, 0.25) is 5.02 Å². The maximum Gasteiger partial charge on any atom is 0.339 e. The zero-order chi connectivity index (χ0) is 26.3. The van der Waals surface area contributed by atoms with Crippen molar-refractivity contribution in [3.63, 3.8) is 0 Å². The number of para-hydroxylation sites is 1. The normalized spacial score (nSPS) is 11.3. The number of hydrogen-bond donors (Lipinski definition) is 1. The Morgan fingerprint density at radius 3 is 2.30 bits per heavy atom. The first-order valence-electron chi connectivity index (χ1n) is 11.2. The Bertz CT molecular complexity index is 1500. The Labute approximate surface area is 220 Å². The average Bonchev–Trinajstić information content (AvgIpc) is 2.89. The highest BCUT2D eigenvalue weighted by Gasteiger charge is 2.18. The molecule has 0 spiro atoms. The number of amides is 1. The maximum absolute atomic E-state index is 12.6. The molecule has 0 heterocycles. The number of carbonyl (C=O) groups is 1. The molecule has 7 nitrogen and oxygen atoms in total. The standard InChI is InChI=1S/C28H23ClN2O5S/c1-20-6-16-26(17-7-20)37(33,34)36-27-5-3-2-4-23(27)18-30-31-28(32)22-10-14-25(15-11-22)35-19-21-8-12-24(29)13-9-21/h2-18H,19H2,1H3,(H,31,32). The average molecular weight is 535 g/mol. The van der Waals surface area contributed by atoms with Crippen LogP contribution in [-0.4, -0.2) is 20.5 Å². The number of ether oxygens (including phenoxy) is 1. The number of halogens is 1. The van der Waals surface area contributed by atoms with Gasteiger partial charge in [-0.15, -0.1) is 0 Å². The van der Waals surface area contributed by atoms with Gasteiger partial charge in [-0.1, -0.05) is 53.6 Å². The van der Waals surface area contributed by atoms with Gasteiger partial charge in [-0.2, -0.15) is 13.5 Å². The second kappa shape index (κ2) is 11.7. The molecular weight excluding hydrogens is 512 g/mol. The van der Waals surface area contributed by atoms with Crippen LogP contribution in [0.5, 0.6) is 11.5 Å². The highest BCUT2D eigenvalue weighted by atomic mass is 35.5. The smallest absolute Gasteiger partial charge is 0.339 e. The zero-order valence-electron chi connectivity index (χ0n) is 19.8. The topological polar surface area (TPSA) is 94.1 Å². The first-order chi connectivity index (χ1) is 17.8. The molecule has 4 aromatic rings. The van der Waals surface area contributed by atoms with Crippen molar-refractivity contribution in [2.75, 3.05) is 0 Å². The Morgan fingerprint density at radius 2 is 1.59 bits per heavy atom. The highest BCUT2D eigenvalue weighted by Crippen LogP contribution is 2.22. The minimum Gasteiger partial charge on any atom is -0.489 e. The molecule has 0 saturated heterocycles. The van der Waals surface area contributed by atoms with E-state index in [-0.39, 0.29) is 10.6 Å². The van der Waals surface area contributed by atoms with Crippen LogP contribution >= 0.6 is 11.6 Å². The monoisotopic (exact) mass is 534 g/mol. The lowest BCUT2D eigenvalue weighted by atomic mass is 10.2. The molecule has 0 aromatic heterocycles. The summed E-state index contributed by atoms with van der Waals surface area (Å²) < 4.78 is 36.3. The van der Waals surface area contributed by atoms with Crippen LogP contribution in [0.4, 0.5) is 0 Å². The number of carbonyl (C=O) groups excluding carboxylic acids is 1. The number of benzene rings is 4. The Hall–Kier alpha value is -4.14. The molecule has 0 radical (unpaired) electrons. The summed E-state index contributed by atoms with van der Waals surface area (Å²) >= 11 is 5.89. The van der Waals surface area contributed by atoms with Gasteiger partial charge in [-0.05, 0) is 73.2 Å². The van der Waals surface area contributed by atoms with E-state index in [4.69, 9.17) is 20.5 Å². The molecule has 9 heteroatoms. The number of hydrogen-bond acceptors (Lipinski definition) is 6. The summed E-state index contributed by atoms with van der Waals surface area (Å²) in [5, 5.41) is 4.61. The molecule has 1 N–H and O–H groups in total. The summed E-state index contributed by atoms with van der Waals surface area (Å²) in [5.41, 5.74) is 5.09. The van der Waals surface area contributed by atoms with Crippen molar-refractivity contribution in [3.05, 3.63) is 124 Å². The largest absolute Gasteiger partial charge is 0.489 e. The molecular formula is C28H23ClN2O5S. The second-order valence-corrected chi connectivity index (χ2v) is 10.0. The van der Waals surface area contributed by atoms with Crippen LogP contribution in [0, 0.1) is 6.92 Å². The van der Waals surface area contributed by atoms with Crippen LogP contribution in [-0.2, 0) is 16.7 Å². The lowest BCUT2D eigenvalue weighted by Crippen LogP contribution is -2.17. The summed E-state index contributed by atoms with van der Waals surface area (Å²) in [5.74, 6) is 0.255. The van der Waals surface area contributed by atoms with E-state index in [0.29, 0.717) is 28.5 Å². The molecule has 0 fully saturated rings. The lowest BCUT2D eigenvalue weighted by Gasteiger charge is -2.09. The summed E-state index contributed by atoms with van der Waals surface area (Å²) in [6.45, 7) is 2.23. The number of aryl methyl sites for hydroxylation is 1. The van der Waals surface area contributed by atoms with E-state index in [1.165, 1.54) is 24.4 Å². The van der Waals surface area contributed by atoms with Gasteiger partial charge in [0, 0.05) is 16.1 Å². The van der Waals surface area contributed by atoms with E-state index in [2.05, 4.69) is 10.5 Å². The molecule has 0 aliphatic heterocycles. The Morgan fingerprint density at radius 1 is 0.919 bits per heavy atom. The van der Waals surface area contributed by atoms with Crippen LogP contribution < -0.4 is 14.3 Å². The van der Waals surface area contributed by atoms with Gasteiger partial charge in [0.05, 0.1) is 6.21 Å².